The zero-order valence-corrected chi connectivity index (χ0v) is 12.6. The van der Waals surface area contributed by atoms with Gasteiger partial charge in [0.2, 0.25) is 5.91 Å². The summed E-state index contributed by atoms with van der Waals surface area (Å²) in [7, 11) is 0. The van der Waals surface area contributed by atoms with E-state index in [0.29, 0.717) is 39.0 Å². The van der Waals surface area contributed by atoms with Gasteiger partial charge in [-0.15, -0.1) is 0 Å². The number of hydrogen-bond acceptors (Lipinski definition) is 3. The van der Waals surface area contributed by atoms with Crippen LogP contribution in [0.3, 0.4) is 0 Å². The molecule has 0 saturated carbocycles. The van der Waals surface area contributed by atoms with E-state index in [-0.39, 0.29) is 12.0 Å². The molecule has 22 heavy (non-hydrogen) atoms. The summed E-state index contributed by atoms with van der Waals surface area (Å²) in [5.74, 6) is 0.972. The molecule has 1 N–H and O–H groups in total. The van der Waals surface area contributed by atoms with Gasteiger partial charge < -0.3 is 14.7 Å². The number of amides is 1. The Morgan fingerprint density at radius 2 is 2.05 bits per heavy atom. The third-order valence-electron chi connectivity index (χ3n) is 4.06. The van der Waals surface area contributed by atoms with Crippen LogP contribution >= 0.6 is 0 Å². The molecule has 1 saturated heterocycles. The molecule has 0 radical (unpaired) electrons. The summed E-state index contributed by atoms with van der Waals surface area (Å²) in [6.07, 6.45) is 1.50. The molecular weight excluding hydrogens is 278 g/mol. The van der Waals surface area contributed by atoms with E-state index >= 15 is 0 Å². The Balaban J connectivity index is 1.49. The lowest BCUT2D eigenvalue weighted by molar-refractivity contribution is -0.130. The van der Waals surface area contributed by atoms with E-state index in [9.17, 15) is 9.90 Å². The SMILES string of the molecule is O=C(CCCOc1cccc2ccccc12)N1CC[C@@H](O)C1. The van der Waals surface area contributed by atoms with Crippen LogP contribution in [0.2, 0.25) is 0 Å². The monoisotopic (exact) mass is 299 g/mol. The van der Waals surface area contributed by atoms with Crippen LogP contribution in [0.5, 0.6) is 5.75 Å². The Hall–Kier alpha value is -2.07. The van der Waals surface area contributed by atoms with Gasteiger partial charge in [0.05, 0.1) is 12.7 Å². The summed E-state index contributed by atoms with van der Waals surface area (Å²) >= 11 is 0. The van der Waals surface area contributed by atoms with Crippen molar-refractivity contribution in [1.82, 2.24) is 4.90 Å². The third-order valence-corrected chi connectivity index (χ3v) is 4.06. The fourth-order valence-corrected chi connectivity index (χ4v) is 2.85. The zero-order valence-electron chi connectivity index (χ0n) is 12.6. The number of aliphatic hydroxyl groups excluding tert-OH is 1. The Bertz CT molecular complexity index is 650. The topological polar surface area (TPSA) is 49.8 Å². The van der Waals surface area contributed by atoms with Crippen molar-refractivity contribution in [1.29, 1.82) is 0 Å². The molecule has 0 bridgehead atoms. The third kappa shape index (κ3) is 3.39. The van der Waals surface area contributed by atoms with Crippen LogP contribution in [0.4, 0.5) is 0 Å². The number of rotatable bonds is 5. The van der Waals surface area contributed by atoms with Gasteiger partial charge in [-0.25, -0.2) is 0 Å². The summed E-state index contributed by atoms with van der Waals surface area (Å²) < 4.78 is 5.83. The van der Waals surface area contributed by atoms with Crippen molar-refractivity contribution in [3.8, 4) is 5.75 Å². The van der Waals surface area contributed by atoms with Crippen molar-refractivity contribution in [2.75, 3.05) is 19.7 Å². The molecule has 2 aromatic carbocycles. The Morgan fingerprint density at radius 1 is 1.23 bits per heavy atom. The second kappa shape index (κ2) is 6.79. The fraction of sp³-hybridized carbons (Fsp3) is 0.389. The van der Waals surface area contributed by atoms with E-state index < -0.39 is 0 Å². The number of fused-ring (bicyclic) bond motifs is 1. The Morgan fingerprint density at radius 3 is 2.86 bits per heavy atom. The van der Waals surface area contributed by atoms with Crippen LogP contribution in [-0.4, -0.2) is 41.7 Å². The molecule has 0 aliphatic carbocycles. The highest BCUT2D eigenvalue weighted by atomic mass is 16.5. The van der Waals surface area contributed by atoms with Crippen molar-refractivity contribution in [2.45, 2.75) is 25.4 Å². The van der Waals surface area contributed by atoms with Crippen LogP contribution in [0.25, 0.3) is 10.8 Å². The summed E-state index contributed by atoms with van der Waals surface area (Å²) in [4.78, 5) is 13.7. The van der Waals surface area contributed by atoms with Gasteiger partial charge in [-0.1, -0.05) is 36.4 Å². The number of β-amino-alcohol motifs (C(OH)–C–C–N with tert-alkyl or cyclic N) is 1. The predicted octanol–water partition coefficient (Wildman–Crippen LogP) is 2.59. The van der Waals surface area contributed by atoms with Crippen molar-refractivity contribution >= 4 is 16.7 Å². The number of aliphatic hydroxyl groups is 1. The molecular formula is C18H21NO3. The zero-order chi connectivity index (χ0) is 15.4. The quantitative estimate of drug-likeness (QED) is 0.863. The second-order valence-corrected chi connectivity index (χ2v) is 5.71. The summed E-state index contributed by atoms with van der Waals surface area (Å²) in [5, 5.41) is 11.7. The maximum atomic E-state index is 12.0. The van der Waals surface area contributed by atoms with Gasteiger partial charge in [0.25, 0.3) is 0 Å². The van der Waals surface area contributed by atoms with Crippen LogP contribution in [-0.2, 0) is 4.79 Å². The molecule has 0 spiro atoms. The minimum Gasteiger partial charge on any atom is -0.493 e. The second-order valence-electron chi connectivity index (χ2n) is 5.71. The van der Waals surface area contributed by atoms with Crippen LogP contribution in [0.15, 0.2) is 42.5 Å². The highest BCUT2D eigenvalue weighted by Crippen LogP contribution is 2.25. The summed E-state index contributed by atoms with van der Waals surface area (Å²) in [5.41, 5.74) is 0. The lowest BCUT2D eigenvalue weighted by Gasteiger charge is -2.15. The van der Waals surface area contributed by atoms with Gasteiger partial charge in [0.15, 0.2) is 0 Å². The minimum atomic E-state index is -0.351. The van der Waals surface area contributed by atoms with E-state index in [1.54, 1.807) is 4.90 Å². The smallest absolute Gasteiger partial charge is 0.222 e. The van der Waals surface area contributed by atoms with E-state index in [4.69, 9.17) is 4.74 Å². The number of carbonyl (C=O) groups excluding carboxylic acids is 1. The molecule has 0 unspecified atom stereocenters. The largest absolute Gasteiger partial charge is 0.493 e. The molecule has 1 aliphatic rings. The lowest BCUT2D eigenvalue weighted by atomic mass is 10.1. The molecule has 4 nitrogen and oxygen atoms in total. The van der Waals surface area contributed by atoms with Gasteiger partial charge in [-0.2, -0.15) is 0 Å². The van der Waals surface area contributed by atoms with Crippen LogP contribution in [0.1, 0.15) is 19.3 Å². The molecule has 2 aromatic rings. The van der Waals surface area contributed by atoms with Gasteiger partial charge in [-0.05, 0) is 24.3 Å². The van der Waals surface area contributed by atoms with Crippen molar-refractivity contribution < 1.29 is 14.6 Å². The van der Waals surface area contributed by atoms with E-state index in [1.807, 2.05) is 30.3 Å². The van der Waals surface area contributed by atoms with Crippen molar-refractivity contribution in [2.24, 2.45) is 0 Å². The highest BCUT2D eigenvalue weighted by Gasteiger charge is 2.23. The van der Waals surface area contributed by atoms with Gasteiger partial charge >= 0.3 is 0 Å². The number of benzene rings is 2. The molecule has 1 atom stereocenters. The molecule has 1 aliphatic heterocycles. The van der Waals surface area contributed by atoms with Gasteiger partial charge in [-0.3, -0.25) is 4.79 Å². The van der Waals surface area contributed by atoms with Crippen LogP contribution < -0.4 is 4.74 Å². The maximum Gasteiger partial charge on any atom is 0.222 e. The molecule has 1 heterocycles. The van der Waals surface area contributed by atoms with Crippen molar-refractivity contribution in [3.05, 3.63) is 42.5 Å². The molecule has 3 rings (SSSR count). The normalized spacial score (nSPS) is 17.9. The predicted molar refractivity (Wildman–Crippen MR) is 85.9 cm³/mol. The summed E-state index contributed by atoms with van der Waals surface area (Å²) in [6, 6.07) is 14.1. The lowest BCUT2D eigenvalue weighted by Crippen LogP contribution is -2.29. The number of hydrogen-bond donors (Lipinski definition) is 1. The van der Waals surface area contributed by atoms with E-state index in [2.05, 4.69) is 12.1 Å². The van der Waals surface area contributed by atoms with Gasteiger partial charge in [0, 0.05) is 24.9 Å². The number of carbonyl (C=O) groups is 1. The first-order valence-electron chi connectivity index (χ1n) is 7.80. The molecule has 1 fully saturated rings. The number of nitrogens with zero attached hydrogens (tertiary/aromatic N) is 1. The molecule has 1 amide bonds. The first-order valence-corrected chi connectivity index (χ1v) is 7.80. The van der Waals surface area contributed by atoms with Crippen LogP contribution in [0, 0.1) is 0 Å². The first kappa shape index (κ1) is 14.9. The number of ether oxygens (including phenoxy) is 1. The molecule has 0 aromatic heterocycles. The minimum absolute atomic E-state index is 0.109. The Labute approximate surface area is 130 Å². The first-order chi connectivity index (χ1) is 10.7. The fourth-order valence-electron chi connectivity index (χ4n) is 2.85. The van der Waals surface area contributed by atoms with E-state index in [0.717, 1.165) is 16.5 Å². The Kier molecular flexibility index (Phi) is 4.59. The van der Waals surface area contributed by atoms with Crippen molar-refractivity contribution in [3.63, 3.8) is 0 Å². The molecule has 4 heteroatoms. The average molecular weight is 299 g/mol. The highest BCUT2D eigenvalue weighted by molar-refractivity contribution is 5.88. The average Bonchev–Trinajstić information content (AvgIpc) is 2.98. The van der Waals surface area contributed by atoms with E-state index in [1.165, 1.54) is 0 Å². The molecule has 116 valence electrons. The summed E-state index contributed by atoms with van der Waals surface area (Å²) in [6.45, 7) is 1.67. The standard InChI is InChI=1S/C18H21NO3/c20-15-10-11-19(13-15)18(21)9-4-12-22-17-8-3-6-14-5-1-2-7-16(14)17/h1-3,5-8,15,20H,4,9-13H2/t15-/m1/s1. The van der Waals surface area contributed by atoms with Gasteiger partial charge in [0.1, 0.15) is 5.75 Å². The number of likely N-dealkylation sites (tertiary alicyclic amines) is 1. The maximum absolute atomic E-state index is 12.0.